The van der Waals surface area contributed by atoms with Crippen LogP contribution in [0.25, 0.3) is 0 Å². The van der Waals surface area contributed by atoms with Gasteiger partial charge in [-0.1, -0.05) is 41.7 Å². The molecule has 94 valence electrons. The molecule has 1 aromatic carbocycles. The molecule has 0 aliphatic carbocycles. The number of nitrogens with zero attached hydrogens (tertiary/aromatic N) is 2. The van der Waals surface area contributed by atoms with Gasteiger partial charge in [-0.15, -0.1) is 10.2 Å². The van der Waals surface area contributed by atoms with Crippen LogP contribution in [0.3, 0.4) is 0 Å². The van der Waals surface area contributed by atoms with Gasteiger partial charge in [-0.3, -0.25) is 0 Å². The van der Waals surface area contributed by atoms with Crippen molar-refractivity contribution in [2.45, 2.75) is 20.0 Å². The fraction of sp³-hybridized carbons (Fsp3) is 0.250. The lowest BCUT2D eigenvalue weighted by Crippen LogP contribution is -2.34. The van der Waals surface area contributed by atoms with Crippen molar-refractivity contribution in [3.8, 4) is 0 Å². The molecule has 2 N–H and O–H groups in total. The number of aromatic nitrogens is 2. The van der Waals surface area contributed by atoms with Gasteiger partial charge in [0.25, 0.3) is 0 Å². The average molecular weight is 262 g/mol. The molecule has 5 nitrogen and oxygen atoms in total. The van der Waals surface area contributed by atoms with Crippen molar-refractivity contribution in [3.05, 3.63) is 45.9 Å². The zero-order chi connectivity index (χ0) is 12.8. The van der Waals surface area contributed by atoms with Crippen molar-refractivity contribution in [1.29, 1.82) is 0 Å². The lowest BCUT2D eigenvalue weighted by molar-refractivity contribution is 0.240. The maximum atomic E-state index is 11.5. The van der Waals surface area contributed by atoms with E-state index < -0.39 is 0 Å². The van der Waals surface area contributed by atoms with E-state index in [1.165, 1.54) is 11.3 Å². The van der Waals surface area contributed by atoms with E-state index in [2.05, 4.69) is 20.8 Å². The maximum absolute atomic E-state index is 11.5. The van der Waals surface area contributed by atoms with Gasteiger partial charge in [0.1, 0.15) is 10.0 Å². The smallest absolute Gasteiger partial charge is 0.315 e. The van der Waals surface area contributed by atoms with Crippen LogP contribution in [0.2, 0.25) is 0 Å². The Labute approximate surface area is 109 Å². The number of nitrogens with one attached hydrogen (secondary N) is 2. The summed E-state index contributed by atoms with van der Waals surface area (Å²) < 4.78 is 0. The number of hydrogen-bond donors (Lipinski definition) is 2. The molecule has 0 radical (unpaired) electrons. The van der Waals surface area contributed by atoms with Crippen LogP contribution < -0.4 is 10.6 Å². The Morgan fingerprint density at radius 1 is 1.17 bits per heavy atom. The fourth-order valence-corrected chi connectivity index (χ4v) is 2.05. The quantitative estimate of drug-likeness (QED) is 0.883. The fourth-order valence-electron chi connectivity index (χ4n) is 1.41. The largest absolute Gasteiger partial charge is 0.334 e. The zero-order valence-electron chi connectivity index (χ0n) is 10.0. The zero-order valence-corrected chi connectivity index (χ0v) is 10.8. The first-order valence-electron chi connectivity index (χ1n) is 5.58. The lowest BCUT2D eigenvalue weighted by atomic mass is 10.2. The molecular weight excluding hydrogens is 248 g/mol. The van der Waals surface area contributed by atoms with Crippen LogP contribution in [-0.4, -0.2) is 16.2 Å². The lowest BCUT2D eigenvalue weighted by Gasteiger charge is -2.05. The van der Waals surface area contributed by atoms with Crippen molar-refractivity contribution in [1.82, 2.24) is 20.8 Å². The first-order valence-corrected chi connectivity index (χ1v) is 6.40. The first kappa shape index (κ1) is 12.5. The molecule has 0 atom stereocenters. The summed E-state index contributed by atoms with van der Waals surface area (Å²) in [5.41, 5.74) is 1.07. The second-order valence-corrected chi connectivity index (χ2v) is 5.00. The highest BCUT2D eigenvalue weighted by molar-refractivity contribution is 7.11. The number of rotatable bonds is 4. The molecule has 0 bridgehead atoms. The van der Waals surface area contributed by atoms with Crippen molar-refractivity contribution < 1.29 is 4.79 Å². The third kappa shape index (κ3) is 3.81. The Bertz CT molecular complexity index is 512. The van der Waals surface area contributed by atoms with Gasteiger partial charge in [-0.2, -0.15) is 0 Å². The maximum Gasteiger partial charge on any atom is 0.315 e. The van der Waals surface area contributed by atoms with Gasteiger partial charge < -0.3 is 10.6 Å². The molecule has 2 aromatic rings. The van der Waals surface area contributed by atoms with E-state index >= 15 is 0 Å². The Morgan fingerprint density at radius 3 is 2.56 bits per heavy atom. The number of carbonyl (C=O) groups is 1. The first-order chi connectivity index (χ1) is 8.74. The Hall–Kier alpha value is -1.95. The topological polar surface area (TPSA) is 66.9 Å². The Morgan fingerprint density at radius 2 is 1.89 bits per heavy atom. The minimum Gasteiger partial charge on any atom is -0.334 e. The molecule has 1 aromatic heterocycles. The van der Waals surface area contributed by atoms with E-state index in [0.29, 0.717) is 13.1 Å². The van der Waals surface area contributed by atoms with Gasteiger partial charge in [0.2, 0.25) is 0 Å². The highest BCUT2D eigenvalue weighted by Crippen LogP contribution is 2.06. The summed E-state index contributed by atoms with van der Waals surface area (Å²) in [6, 6.07) is 9.56. The molecule has 2 amide bonds. The number of amides is 2. The van der Waals surface area contributed by atoms with Gasteiger partial charge in [0, 0.05) is 6.54 Å². The Kier molecular flexibility index (Phi) is 4.25. The summed E-state index contributed by atoms with van der Waals surface area (Å²) >= 11 is 1.48. The summed E-state index contributed by atoms with van der Waals surface area (Å²) in [4.78, 5) is 11.5. The molecule has 0 aliphatic rings. The van der Waals surface area contributed by atoms with E-state index in [1.807, 2.05) is 37.3 Å². The van der Waals surface area contributed by atoms with Crippen LogP contribution in [0.5, 0.6) is 0 Å². The number of hydrogen-bond acceptors (Lipinski definition) is 4. The number of benzene rings is 1. The van der Waals surface area contributed by atoms with E-state index in [-0.39, 0.29) is 6.03 Å². The van der Waals surface area contributed by atoms with Crippen LogP contribution in [-0.2, 0) is 13.1 Å². The van der Waals surface area contributed by atoms with Gasteiger partial charge >= 0.3 is 6.03 Å². The highest BCUT2D eigenvalue weighted by Gasteiger charge is 2.03. The third-order valence-electron chi connectivity index (χ3n) is 2.26. The average Bonchev–Trinajstić information content (AvgIpc) is 2.81. The minimum atomic E-state index is -0.202. The molecule has 18 heavy (non-hydrogen) atoms. The van der Waals surface area contributed by atoms with Crippen LogP contribution in [0, 0.1) is 6.92 Å². The molecule has 0 saturated carbocycles. The molecule has 0 saturated heterocycles. The third-order valence-corrected chi connectivity index (χ3v) is 3.10. The summed E-state index contributed by atoms with van der Waals surface area (Å²) in [5.74, 6) is 0. The van der Waals surface area contributed by atoms with Crippen molar-refractivity contribution in [2.75, 3.05) is 0 Å². The summed E-state index contributed by atoms with van der Waals surface area (Å²) in [5, 5.41) is 15.0. The monoisotopic (exact) mass is 262 g/mol. The predicted octanol–water partition coefficient (Wildman–Crippen LogP) is 1.85. The van der Waals surface area contributed by atoms with E-state index in [1.54, 1.807) is 0 Å². The SMILES string of the molecule is Cc1nnc(CNC(=O)NCc2ccccc2)s1. The highest BCUT2D eigenvalue weighted by atomic mass is 32.1. The molecule has 0 unspecified atom stereocenters. The van der Waals surface area contributed by atoms with Crippen LogP contribution in [0.1, 0.15) is 15.6 Å². The molecular formula is C12H14N4OS. The standard InChI is InChI=1S/C12H14N4OS/c1-9-15-16-11(18-9)8-14-12(17)13-7-10-5-3-2-4-6-10/h2-6H,7-8H2,1H3,(H2,13,14,17). The second kappa shape index (κ2) is 6.11. The van der Waals surface area contributed by atoms with E-state index in [9.17, 15) is 4.79 Å². The van der Waals surface area contributed by atoms with Crippen LogP contribution in [0.15, 0.2) is 30.3 Å². The van der Waals surface area contributed by atoms with Gasteiger partial charge in [0.05, 0.1) is 6.54 Å². The molecule has 6 heteroatoms. The normalized spacial score (nSPS) is 10.1. The Balaban J connectivity index is 1.73. The van der Waals surface area contributed by atoms with Crippen molar-refractivity contribution in [3.63, 3.8) is 0 Å². The van der Waals surface area contributed by atoms with Crippen LogP contribution in [0.4, 0.5) is 4.79 Å². The van der Waals surface area contributed by atoms with Gasteiger partial charge in [0.15, 0.2) is 0 Å². The number of aryl methyl sites for hydroxylation is 1. The summed E-state index contributed by atoms with van der Waals surface area (Å²) in [6.45, 7) is 2.81. The number of carbonyl (C=O) groups excluding carboxylic acids is 1. The second-order valence-electron chi connectivity index (χ2n) is 3.74. The van der Waals surface area contributed by atoms with Crippen molar-refractivity contribution >= 4 is 17.4 Å². The van der Waals surface area contributed by atoms with Gasteiger partial charge in [-0.25, -0.2) is 4.79 Å². The predicted molar refractivity (Wildman–Crippen MR) is 70.2 cm³/mol. The minimum absolute atomic E-state index is 0.202. The number of urea groups is 1. The van der Waals surface area contributed by atoms with Crippen LogP contribution >= 0.6 is 11.3 Å². The molecule has 1 heterocycles. The van der Waals surface area contributed by atoms with E-state index in [4.69, 9.17) is 0 Å². The van der Waals surface area contributed by atoms with Gasteiger partial charge in [-0.05, 0) is 12.5 Å². The van der Waals surface area contributed by atoms with E-state index in [0.717, 1.165) is 15.6 Å². The van der Waals surface area contributed by atoms with Crippen molar-refractivity contribution in [2.24, 2.45) is 0 Å². The molecule has 2 rings (SSSR count). The molecule has 0 fully saturated rings. The summed E-state index contributed by atoms with van der Waals surface area (Å²) in [6.07, 6.45) is 0. The molecule has 0 spiro atoms. The summed E-state index contributed by atoms with van der Waals surface area (Å²) in [7, 11) is 0. The molecule has 0 aliphatic heterocycles.